The standard InChI is InChI=1S/C38H60O7Si8/c1-16-46(6,7)39-51(40-47(8,9)17-2,36-30-24-21-25-31-36)44-53(43-50(14,15)20-5,38-34-28-23-29-35-38)45-52(41-48(10,11)18-3,42-49(12,13)19-4)37-32-26-22-27-33-37/h16-35H,1-5H2,6-15H3. The highest BCUT2D eigenvalue weighted by Crippen LogP contribution is 2.34. The molecule has 0 amide bonds. The van der Waals surface area contributed by atoms with Crippen LogP contribution < -0.4 is 15.6 Å². The molecule has 0 bridgehead atoms. The van der Waals surface area contributed by atoms with Crippen molar-refractivity contribution >= 4 is 83.6 Å². The molecule has 3 rings (SSSR count). The van der Waals surface area contributed by atoms with Crippen LogP contribution in [0.4, 0.5) is 0 Å². The molecule has 0 spiro atoms. The van der Waals surface area contributed by atoms with Crippen molar-refractivity contribution < 1.29 is 28.8 Å². The number of rotatable bonds is 22. The van der Waals surface area contributed by atoms with Crippen LogP contribution in [0.25, 0.3) is 0 Å². The topological polar surface area (TPSA) is 64.6 Å². The maximum atomic E-state index is 7.89. The third-order valence-electron chi connectivity index (χ3n) is 8.36. The molecular formula is C38H60O7Si8. The SMILES string of the molecule is C=C[Si](C)(C)O[Si](O[Si](C)(C)C=C)(O[Si](O[Si](C)(C)C=C)(O[Si](O[Si](C)(C)C=C)(O[Si](C)(C)C=C)c1ccccc1)c1ccccc1)c1ccccc1. The number of benzene rings is 3. The van der Waals surface area contributed by atoms with Gasteiger partial charge >= 0.3 is 26.4 Å². The van der Waals surface area contributed by atoms with E-state index in [0.29, 0.717) is 0 Å². The lowest BCUT2D eigenvalue weighted by molar-refractivity contribution is 0.165. The third kappa shape index (κ3) is 12.2. The van der Waals surface area contributed by atoms with Gasteiger partial charge in [-0.2, -0.15) is 0 Å². The van der Waals surface area contributed by atoms with E-state index in [1.54, 1.807) is 0 Å². The van der Waals surface area contributed by atoms with Gasteiger partial charge in [-0.05, 0) is 65.5 Å². The zero-order valence-electron chi connectivity index (χ0n) is 33.4. The normalized spacial score (nSPS) is 13.6. The lowest BCUT2D eigenvalue weighted by Crippen LogP contribution is -2.78. The molecule has 0 atom stereocenters. The Labute approximate surface area is 328 Å². The third-order valence-corrected chi connectivity index (χ3v) is 36.6. The Bertz CT molecular complexity index is 1560. The highest BCUT2D eigenvalue weighted by atomic mass is 28.6. The summed E-state index contributed by atoms with van der Waals surface area (Å²) >= 11 is 0. The lowest BCUT2D eigenvalue weighted by atomic mass is 10.4. The van der Waals surface area contributed by atoms with Gasteiger partial charge < -0.3 is 28.8 Å². The molecule has 0 saturated heterocycles. The molecule has 53 heavy (non-hydrogen) atoms. The Morgan fingerprint density at radius 1 is 0.302 bits per heavy atom. The van der Waals surface area contributed by atoms with E-state index in [9.17, 15) is 0 Å². The molecule has 286 valence electrons. The molecule has 7 nitrogen and oxygen atoms in total. The summed E-state index contributed by atoms with van der Waals surface area (Å²) in [4.78, 5) is 0. The van der Waals surface area contributed by atoms with Crippen molar-refractivity contribution in [3.05, 3.63) is 152 Å². The van der Waals surface area contributed by atoms with E-state index in [1.807, 2.05) is 119 Å². The zero-order valence-corrected chi connectivity index (χ0v) is 41.4. The second-order valence-corrected chi connectivity index (χ2v) is 44.4. The van der Waals surface area contributed by atoms with E-state index in [0.717, 1.165) is 15.6 Å². The summed E-state index contributed by atoms with van der Waals surface area (Å²) < 4.78 is 52.8. The summed E-state index contributed by atoms with van der Waals surface area (Å²) in [6, 6.07) is 29.7. The lowest BCUT2D eigenvalue weighted by Gasteiger charge is -2.49. The van der Waals surface area contributed by atoms with Gasteiger partial charge in [-0.25, -0.2) is 0 Å². The molecule has 0 heterocycles. The Balaban J connectivity index is 2.67. The first kappa shape index (κ1) is 45.2. The van der Waals surface area contributed by atoms with Crippen LogP contribution >= 0.6 is 0 Å². The average Bonchev–Trinajstić information content (AvgIpc) is 3.11. The van der Waals surface area contributed by atoms with E-state index in [-0.39, 0.29) is 0 Å². The van der Waals surface area contributed by atoms with Crippen molar-refractivity contribution in [3.8, 4) is 0 Å². The van der Waals surface area contributed by atoms with Crippen molar-refractivity contribution in [2.24, 2.45) is 0 Å². The van der Waals surface area contributed by atoms with E-state index >= 15 is 0 Å². The maximum Gasteiger partial charge on any atom is 0.512 e. The Kier molecular flexibility index (Phi) is 15.1. The summed E-state index contributed by atoms with van der Waals surface area (Å²) in [7, 11) is -26.0. The summed E-state index contributed by atoms with van der Waals surface area (Å²) in [5.74, 6) is 0. The fourth-order valence-electron chi connectivity index (χ4n) is 4.94. The van der Waals surface area contributed by atoms with Crippen LogP contribution in [0.1, 0.15) is 0 Å². The Morgan fingerprint density at radius 2 is 0.472 bits per heavy atom. The molecule has 0 radical (unpaired) electrons. The van der Waals surface area contributed by atoms with Crippen molar-refractivity contribution in [1.82, 2.24) is 0 Å². The van der Waals surface area contributed by atoms with Crippen LogP contribution in [-0.2, 0) is 28.8 Å². The van der Waals surface area contributed by atoms with Crippen LogP contribution in [0.5, 0.6) is 0 Å². The fraction of sp³-hybridized carbons (Fsp3) is 0.263. The molecule has 0 unspecified atom stereocenters. The molecule has 0 fully saturated rings. The van der Waals surface area contributed by atoms with E-state index in [1.165, 1.54) is 0 Å². The highest BCUT2D eigenvalue weighted by molar-refractivity contribution is 7.04. The molecule has 0 aliphatic heterocycles. The van der Waals surface area contributed by atoms with Gasteiger partial charge in [0.2, 0.25) is 41.6 Å². The van der Waals surface area contributed by atoms with Gasteiger partial charge in [0.25, 0.3) is 0 Å². The monoisotopic (exact) mass is 852 g/mol. The summed E-state index contributed by atoms with van der Waals surface area (Å²) in [5, 5.41) is 2.27. The molecular weight excluding hydrogens is 793 g/mol. The fourth-order valence-corrected chi connectivity index (χ4v) is 34.2. The summed E-state index contributed by atoms with van der Waals surface area (Å²) in [6.45, 7) is 41.8. The largest absolute Gasteiger partial charge is 0.512 e. The van der Waals surface area contributed by atoms with Gasteiger partial charge in [0, 0.05) is 15.6 Å². The molecule has 0 aliphatic rings. The molecule has 3 aromatic rings. The molecule has 0 saturated carbocycles. The minimum absolute atomic E-state index is 0.717. The molecule has 3 aromatic carbocycles. The van der Waals surface area contributed by atoms with E-state index < -0.39 is 68.0 Å². The van der Waals surface area contributed by atoms with Crippen molar-refractivity contribution in [2.75, 3.05) is 0 Å². The van der Waals surface area contributed by atoms with Gasteiger partial charge in [0.05, 0.1) is 0 Å². The summed E-state index contributed by atoms with van der Waals surface area (Å²) in [6.07, 6.45) is 0. The van der Waals surface area contributed by atoms with Crippen LogP contribution in [-0.4, -0.2) is 68.0 Å². The first-order valence-corrected chi connectivity index (χ1v) is 37.9. The zero-order chi connectivity index (χ0) is 39.8. The molecule has 0 aromatic heterocycles. The average molecular weight is 854 g/mol. The summed E-state index contributed by atoms with van der Waals surface area (Å²) in [5.41, 5.74) is 9.48. The Morgan fingerprint density at radius 3 is 0.642 bits per heavy atom. The van der Waals surface area contributed by atoms with E-state index in [2.05, 4.69) is 98.4 Å². The van der Waals surface area contributed by atoms with Gasteiger partial charge in [0.1, 0.15) is 0 Å². The van der Waals surface area contributed by atoms with Crippen LogP contribution in [0.2, 0.25) is 65.5 Å². The van der Waals surface area contributed by atoms with Crippen LogP contribution in [0.15, 0.2) is 152 Å². The number of hydrogen-bond donors (Lipinski definition) is 0. The van der Waals surface area contributed by atoms with Crippen molar-refractivity contribution in [2.45, 2.75) is 65.5 Å². The minimum Gasteiger partial charge on any atom is -0.409 e. The van der Waals surface area contributed by atoms with Gasteiger partial charge in [-0.15, -0.1) is 32.9 Å². The van der Waals surface area contributed by atoms with Crippen molar-refractivity contribution in [3.63, 3.8) is 0 Å². The second kappa shape index (κ2) is 17.7. The maximum absolute atomic E-state index is 7.89. The minimum atomic E-state index is -4.35. The molecule has 15 heteroatoms. The molecule has 0 N–H and O–H groups in total. The van der Waals surface area contributed by atoms with Crippen LogP contribution in [0, 0.1) is 0 Å². The smallest absolute Gasteiger partial charge is 0.409 e. The Hall–Kier alpha value is -2.18. The van der Waals surface area contributed by atoms with E-state index in [4.69, 9.17) is 28.8 Å². The number of hydrogen-bond acceptors (Lipinski definition) is 7. The van der Waals surface area contributed by atoms with Gasteiger partial charge in [-0.3, -0.25) is 0 Å². The van der Waals surface area contributed by atoms with Crippen LogP contribution in [0.3, 0.4) is 0 Å². The predicted octanol–water partition coefficient (Wildman–Crippen LogP) is 8.29. The van der Waals surface area contributed by atoms with Gasteiger partial charge in [0.15, 0.2) is 0 Å². The van der Waals surface area contributed by atoms with Gasteiger partial charge in [-0.1, -0.05) is 119 Å². The second-order valence-electron chi connectivity index (χ2n) is 15.5. The quantitative estimate of drug-likeness (QED) is 0.0944. The first-order chi connectivity index (χ1) is 24.6. The predicted molar refractivity (Wildman–Crippen MR) is 241 cm³/mol. The molecule has 0 aliphatic carbocycles. The van der Waals surface area contributed by atoms with Crippen molar-refractivity contribution in [1.29, 1.82) is 0 Å². The highest BCUT2D eigenvalue weighted by Gasteiger charge is 2.66. The first-order valence-electron chi connectivity index (χ1n) is 17.8.